The van der Waals surface area contributed by atoms with Gasteiger partial charge in [-0.05, 0) is 0 Å². The van der Waals surface area contributed by atoms with Gasteiger partial charge in [0.25, 0.3) is 11.8 Å². The zero-order valence-electron chi connectivity index (χ0n) is 4.39. The van der Waals surface area contributed by atoms with E-state index in [4.69, 9.17) is 0 Å². The average molecular weight is 114 g/mol. The molecule has 2 N–H and O–H groups in total. The fraction of sp³-hybridized carbons (Fsp3) is 0.500. The van der Waals surface area contributed by atoms with Crippen molar-refractivity contribution < 1.29 is 9.59 Å². The number of amides is 2. The van der Waals surface area contributed by atoms with Crippen molar-refractivity contribution in [3.05, 3.63) is 0 Å². The maximum absolute atomic E-state index is 10.4. The quantitative estimate of drug-likeness (QED) is 0.313. The summed E-state index contributed by atoms with van der Waals surface area (Å²) in [6.45, 7) is 0. The van der Waals surface area contributed by atoms with Crippen molar-refractivity contribution in [1.82, 2.24) is 10.6 Å². The predicted octanol–water partition coefficient (Wildman–Crippen LogP) is -1.77. The molecule has 2 amide bonds. The van der Waals surface area contributed by atoms with Gasteiger partial charge in [-0.2, -0.15) is 0 Å². The standard InChI is InChI=1S/C4H6N2O2/c1-5-3(7)2-4(8)6-2/h2H,1H3,(H,5,7)(H,6,8). The van der Waals surface area contributed by atoms with Crippen LogP contribution in [0.3, 0.4) is 0 Å². The van der Waals surface area contributed by atoms with Gasteiger partial charge in [-0.1, -0.05) is 0 Å². The van der Waals surface area contributed by atoms with E-state index in [1.807, 2.05) is 0 Å². The molecule has 1 unspecified atom stereocenters. The summed E-state index contributed by atoms with van der Waals surface area (Å²) in [5.74, 6) is -0.445. The van der Waals surface area contributed by atoms with Crippen LogP contribution in [-0.2, 0) is 9.59 Å². The molecule has 0 radical (unpaired) electrons. The molecule has 0 aromatic heterocycles. The van der Waals surface area contributed by atoms with Gasteiger partial charge in [0.1, 0.15) is 0 Å². The number of hydrogen-bond donors (Lipinski definition) is 2. The molecule has 0 saturated carbocycles. The highest BCUT2D eigenvalue weighted by atomic mass is 16.2. The molecule has 1 aliphatic rings. The highest BCUT2D eigenvalue weighted by molar-refractivity contribution is 6.16. The molecule has 0 bridgehead atoms. The number of carbonyl (C=O) groups excluding carboxylic acids is 2. The molecule has 4 heteroatoms. The third-order valence-corrected chi connectivity index (χ3v) is 0.974. The van der Waals surface area contributed by atoms with Gasteiger partial charge in [-0.25, -0.2) is 0 Å². The zero-order valence-corrected chi connectivity index (χ0v) is 4.39. The third kappa shape index (κ3) is 0.641. The van der Waals surface area contributed by atoms with E-state index in [1.54, 1.807) is 0 Å². The lowest BCUT2D eigenvalue weighted by atomic mass is 10.4. The van der Waals surface area contributed by atoms with Gasteiger partial charge < -0.3 is 10.6 Å². The van der Waals surface area contributed by atoms with Gasteiger partial charge in [-0.3, -0.25) is 9.59 Å². The van der Waals surface area contributed by atoms with Crippen molar-refractivity contribution >= 4 is 11.8 Å². The summed E-state index contributed by atoms with van der Waals surface area (Å²) in [6.07, 6.45) is 0. The second kappa shape index (κ2) is 1.47. The normalized spacial score (nSPS) is 24.1. The smallest absolute Gasteiger partial charge is 0.253 e. The minimum Gasteiger partial charge on any atom is -0.357 e. The van der Waals surface area contributed by atoms with Crippen molar-refractivity contribution in [2.45, 2.75) is 6.04 Å². The summed E-state index contributed by atoms with van der Waals surface area (Å²) in [6, 6.07) is -0.556. The first-order valence-electron chi connectivity index (χ1n) is 2.27. The Morgan fingerprint density at radius 2 is 2.38 bits per heavy atom. The summed E-state index contributed by atoms with van der Waals surface area (Å²) in [5, 5.41) is 4.67. The topological polar surface area (TPSA) is 68.1 Å². The van der Waals surface area contributed by atoms with Gasteiger partial charge in [0.15, 0.2) is 6.04 Å². The van der Waals surface area contributed by atoms with Crippen LogP contribution in [0.2, 0.25) is 0 Å². The SMILES string of the molecule is CNC(=O)C1NC1=O. The highest BCUT2D eigenvalue weighted by Gasteiger charge is 2.39. The van der Waals surface area contributed by atoms with Crippen molar-refractivity contribution in [2.24, 2.45) is 0 Å². The van der Waals surface area contributed by atoms with Gasteiger partial charge in [0.05, 0.1) is 0 Å². The molecule has 8 heavy (non-hydrogen) atoms. The van der Waals surface area contributed by atoms with E-state index < -0.39 is 6.04 Å². The van der Waals surface area contributed by atoms with Crippen LogP contribution in [-0.4, -0.2) is 24.9 Å². The maximum atomic E-state index is 10.4. The van der Waals surface area contributed by atoms with Gasteiger partial charge in [-0.15, -0.1) is 0 Å². The molecule has 1 saturated heterocycles. The van der Waals surface area contributed by atoms with E-state index in [0.717, 1.165) is 0 Å². The minimum atomic E-state index is -0.556. The molecule has 0 spiro atoms. The Kier molecular flexibility index (Phi) is 0.932. The summed E-state index contributed by atoms with van der Waals surface area (Å²) in [5.41, 5.74) is 0. The number of hydrogen-bond acceptors (Lipinski definition) is 2. The lowest BCUT2D eigenvalue weighted by molar-refractivity contribution is -0.121. The molecule has 1 aliphatic heterocycles. The Morgan fingerprint density at radius 3 is 2.50 bits per heavy atom. The van der Waals surface area contributed by atoms with E-state index in [0.29, 0.717) is 0 Å². The first-order chi connectivity index (χ1) is 3.75. The Balaban J connectivity index is 2.39. The third-order valence-electron chi connectivity index (χ3n) is 0.974. The fourth-order valence-electron chi connectivity index (χ4n) is 0.430. The molecule has 0 aromatic rings. The molecule has 0 aliphatic carbocycles. The van der Waals surface area contributed by atoms with Crippen LogP contribution in [0.4, 0.5) is 0 Å². The average Bonchev–Trinajstić information content (AvgIpc) is 2.45. The van der Waals surface area contributed by atoms with Crippen LogP contribution in [0.15, 0.2) is 0 Å². The van der Waals surface area contributed by atoms with E-state index in [2.05, 4.69) is 10.6 Å². The van der Waals surface area contributed by atoms with E-state index in [1.165, 1.54) is 7.05 Å². The Labute approximate surface area is 46.3 Å². The van der Waals surface area contributed by atoms with Gasteiger partial charge >= 0.3 is 0 Å². The molecule has 1 atom stereocenters. The molecule has 1 rings (SSSR count). The van der Waals surface area contributed by atoms with Crippen molar-refractivity contribution in [1.29, 1.82) is 0 Å². The van der Waals surface area contributed by atoms with Crippen LogP contribution < -0.4 is 10.6 Å². The lowest BCUT2D eigenvalue weighted by Crippen LogP contribution is -2.25. The summed E-state index contributed by atoms with van der Waals surface area (Å²) in [4.78, 5) is 20.5. The molecule has 1 heterocycles. The van der Waals surface area contributed by atoms with Crippen molar-refractivity contribution in [3.63, 3.8) is 0 Å². The molecular formula is C4H6N2O2. The molecule has 0 aromatic carbocycles. The zero-order chi connectivity index (χ0) is 6.15. The largest absolute Gasteiger partial charge is 0.357 e. The lowest BCUT2D eigenvalue weighted by Gasteiger charge is -1.86. The van der Waals surface area contributed by atoms with Crippen LogP contribution in [0.5, 0.6) is 0 Å². The first kappa shape index (κ1) is 5.08. The molecule has 4 nitrogen and oxygen atoms in total. The van der Waals surface area contributed by atoms with Gasteiger partial charge in [0, 0.05) is 7.05 Å². The Bertz CT molecular complexity index is 143. The van der Waals surface area contributed by atoms with Crippen LogP contribution in [0, 0.1) is 0 Å². The minimum absolute atomic E-state index is 0.190. The predicted molar refractivity (Wildman–Crippen MR) is 26.0 cm³/mol. The number of rotatable bonds is 1. The number of carbonyl (C=O) groups is 2. The first-order valence-corrected chi connectivity index (χ1v) is 2.27. The van der Waals surface area contributed by atoms with Crippen LogP contribution in [0.1, 0.15) is 0 Å². The van der Waals surface area contributed by atoms with E-state index in [9.17, 15) is 9.59 Å². The van der Waals surface area contributed by atoms with Crippen molar-refractivity contribution in [2.75, 3.05) is 7.05 Å². The molecule has 1 fully saturated rings. The molecule has 44 valence electrons. The second-order valence-corrected chi connectivity index (χ2v) is 1.56. The fourth-order valence-corrected chi connectivity index (χ4v) is 0.430. The number of likely N-dealkylation sites (N-methyl/N-ethyl adjacent to an activating group) is 1. The number of nitrogens with one attached hydrogen (secondary N) is 2. The highest BCUT2D eigenvalue weighted by Crippen LogP contribution is 1.97. The monoisotopic (exact) mass is 114 g/mol. The summed E-state index contributed by atoms with van der Waals surface area (Å²) >= 11 is 0. The van der Waals surface area contributed by atoms with Crippen LogP contribution in [0.25, 0.3) is 0 Å². The Morgan fingerprint density at radius 1 is 1.88 bits per heavy atom. The summed E-state index contributed by atoms with van der Waals surface area (Å²) < 4.78 is 0. The summed E-state index contributed by atoms with van der Waals surface area (Å²) in [7, 11) is 1.50. The van der Waals surface area contributed by atoms with E-state index in [-0.39, 0.29) is 11.8 Å². The maximum Gasteiger partial charge on any atom is 0.253 e. The van der Waals surface area contributed by atoms with Crippen molar-refractivity contribution in [3.8, 4) is 0 Å². The second-order valence-electron chi connectivity index (χ2n) is 1.56. The van der Waals surface area contributed by atoms with E-state index >= 15 is 0 Å². The molecular weight excluding hydrogens is 108 g/mol. The Hall–Kier alpha value is -1.06. The van der Waals surface area contributed by atoms with Crippen LogP contribution >= 0.6 is 0 Å². The van der Waals surface area contributed by atoms with Gasteiger partial charge in [0.2, 0.25) is 0 Å².